The molecule has 0 spiro atoms. The molecule has 0 aromatic carbocycles. The first-order valence-corrected chi connectivity index (χ1v) is 15.4. The molecule has 0 unspecified atom stereocenters. The fraction of sp³-hybridized carbons (Fsp3) is 0.735. The number of rotatable bonds is 2. The second-order valence-electron chi connectivity index (χ2n) is 15.8. The van der Waals surface area contributed by atoms with E-state index in [1.165, 1.54) is 0 Å². The Labute approximate surface area is 239 Å². The Bertz CT molecular complexity index is 1410. The van der Waals surface area contributed by atoms with E-state index in [4.69, 9.17) is 4.42 Å². The van der Waals surface area contributed by atoms with Crippen molar-refractivity contribution < 1.29 is 14.0 Å². The van der Waals surface area contributed by atoms with Crippen LogP contribution in [0.2, 0.25) is 0 Å². The van der Waals surface area contributed by atoms with E-state index in [1.807, 2.05) is 32.9 Å². The zero-order valence-electron chi connectivity index (χ0n) is 25.6. The summed E-state index contributed by atoms with van der Waals surface area (Å²) >= 11 is 0. The summed E-state index contributed by atoms with van der Waals surface area (Å²) in [6.45, 7) is 17.6. The van der Waals surface area contributed by atoms with E-state index in [-0.39, 0.29) is 56.6 Å². The monoisotopic (exact) mass is 543 g/mol. The highest BCUT2D eigenvalue weighted by molar-refractivity contribution is 6.04. The zero-order valence-corrected chi connectivity index (χ0v) is 25.6. The van der Waals surface area contributed by atoms with E-state index in [9.17, 15) is 14.9 Å². The molecule has 5 aliphatic rings. The van der Waals surface area contributed by atoms with Crippen molar-refractivity contribution in [2.24, 2.45) is 44.8 Å². The van der Waals surface area contributed by atoms with Gasteiger partial charge in [-0.2, -0.15) is 5.26 Å². The first-order valence-electron chi connectivity index (χ1n) is 15.4. The molecule has 214 valence electrons. The molecule has 0 bridgehead atoms. The van der Waals surface area contributed by atoms with Crippen molar-refractivity contribution in [2.75, 3.05) is 0 Å². The predicted octanol–water partition coefficient (Wildman–Crippen LogP) is 7.10. The minimum absolute atomic E-state index is 0.0547. The van der Waals surface area contributed by atoms with Crippen LogP contribution in [-0.2, 0) is 21.4 Å². The largest absolute Gasteiger partial charge is 0.425 e. The second kappa shape index (κ2) is 8.26. The quantitative estimate of drug-likeness (QED) is 0.395. The Balaban J connectivity index is 1.53. The molecule has 6 rings (SSSR count). The molecular weight excluding hydrogens is 498 g/mol. The summed E-state index contributed by atoms with van der Waals surface area (Å²) in [5.74, 6) is 1.60. The highest BCUT2D eigenvalue weighted by Gasteiger charge is 2.70. The van der Waals surface area contributed by atoms with Crippen LogP contribution in [-0.4, -0.2) is 21.8 Å². The third-order valence-corrected chi connectivity index (χ3v) is 13.1. The van der Waals surface area contributed by atoms with Crippen molar-refractivity contribution in [2.45, 2.75) is 112 Å². The Hall–Kier alpha value is -2.55. The summed E-state index contributed by atoms with van der Waals surface area (Å²) < 4.78 is 6.30. The van der Waals surface area contributed by atoms with E-state index in [1.54, 1.807) is 0 Å². The molecule has 0 aliphatic heterocycles. The number of hydrogen-bond acceptors (Lipinski definition) is 6. The molecule has 7 atom stereocenters. The number of nitrogens with zero attached hydrogens (tertiary/aromatic N) is 3. The number of ketones is 2. The van der Waals surface area contributed by atoms with Crippen molar-refractivity contribution in [1.29, 1.82) is 5.26 Å². The van der Waals surface area contributed by atoms with Crippen LogP contribution in [0.25, 0.3) is 0 Å². The van der Waals surface area contributed by atoms with Gasteiger partial charge in [0.15, 0.2) is 11.6 Å². The van der Waals surface area contributed by atoms with Gasteiger partial charge in [0, 0.05) is 23.2 Å². The van der Waals surface area contributed by atoms with Gasteiger partial charge in [-0.1, -0.05) is 67.0 Å². The van der Waals surface area contributed by atoms with Crippen LogP contribution in [0.3, 0.4) is 0 Å². The van der Waals surface area contributed by atoms with E-state index < -0.39 is 10.8 Å². The molecule has 1 aromatic rings. The smallest absolute Gasteiger partial charge is 0.222 e. The number of nitriles is 1. The van der Waals surface area contributed by atoms with Crippen molar-refractivity contribution in [1.82, 2.24) is 10.2 Å². The Kier molecular flexibility index (Phi) is 5.70. The number of carbonyl (C=O) groups excluding carboxylic acids is 2. The molecule has 3 saturated carbocycles. The van der Waals surface area contributed by atoms with Crippen LogP contribution in [0, 0.1) is 56.2 Å². The maximum Gasteiger partial charge on any atom is 0.222 e. The molecule has 1 heterocycles. The second-order valence-corrected chi connectivity index (χ2v) is 15.8. The minimum Gasteiger partial charge on any atom is -0.425 e. The maximum absolute atomic E-state index is 14.6. The van der Waals surface area contributed by atoms with Gasteiger partial charge in [0.25, 0.3) is 0 Å². The lowest BCUT2D eigenvalue weighted by Crippen LogP contribution is -2.65. The molecule has 3 fully saturated rings. The normalized spacial score (nSPS) is 43.3. The van der Waals surface area contributed by atoms with Crippen LogP contribution in [0.1, 0.15) is 112 Å². The summed E-state index contributed by atoms with van der Waals surface area (Å²) in [5, 5.41) is 18.9. The van der Waals surface area contributed by atoms with Gasteiger partial charge in [-0.3, -0.25) is 9.59 Å². The highest BCUT2D eigenvalue weighted by atomic mass is 16.4. The van der Waals surface area contributed by atoms with Crippen molar-refractivity contribution in [3.8, 4) is 6.07 Å². The maximum atomic E-state index is 14.6. The lowest BCUT2D eigenvalue weighted by Gasteiger charge is -2.68. The molecule has 0 amide bonds. The van der Waals surface area contributed by atoms with E-state index in [0.29, 0.717) is 12.3 Å². The van der Waals surface area contributed by atoms with Gasteiger partial charge in [0.2, 0.25) is 11.8 Å². The number of allylic oxidation sites excluding steroid dienone is 4. The van der Waals surface area contributed by atoms with Crippen LogP contribution >= 0.6 is 0 Å². The van der Waals surface area contributed by atoms with Gasteiger partial charge in [-0.15, -0.1) is 10.2 Å². The molecule has 0 radical (unpaired) electrons. The van der Waals surface area contributed by atoms with Crippen LogP contribution < -0.4 is 0 Å². The lowest BCUT2D eigenvalue weighted by atomic mass is 9.34. The molecule has 1 aromatic heterocycles. The molecule has 0 N–H and O–H groups in total. The minimum atomic E-state index is -0.651. The Morgan fingerprint density at radius 3 is 2.35 bits per heavy atom. The first kappa shape index (κ1) is 27.6. The van der Waals surface area contributed by atoms with E-state index in [2.05, 4.69) is 50.9 Å². The molecule has 0 saturated heterocycles. The first-order chi connectivity index (χ1) is 18.6. The number of fused-ring (bicyclic) bond motifs is 7. The topological polar surface area (TPSA) is 96.9 Å². The SMILES string of the molecule is CCc1nnc([C@]23CCC(C)(C)C[C@H]2[C@H]2C(=O)C=C4[C@@]5(C)C=C(C#N)C(=O)C(C)(C)[C@@H]5CC[C@@]4(C)[C@]2(C)CC3)o1. The van der Waals surface area contributed by atoms with E-state index in [0.717, 1.165) is 56.4 Å². The zero-order chi connectivity index (χ0) is 29.1. The summed E-state index contributed by atoms with van der Waals surface area (Å²) in [6, 6.07) is 2.20. The Morgan fingerprint density at radius 1 is 1.00 bits per heavy atom. The molecule has 5 aliphatic carbocycles. The third kappa shape index (κ3) is 3.27. The number of Topliss-reactive ketones (excluding diaryl/α,β-unsaturated/α-hetero) is 1. The molecule has 40 heavy (non-hydrogen) atoms. The lowest BCUT2D eigenvalue weighted by molar-refractivity contribution is -0.161. The van der Waals surface area contributed by atoms with Gasteiger partial charge in [-0.05, 0) is 79.1 Å². The average molecular weight is 544 g/mol. The summed E-state index contributed by atoms with van der Waals surface area (Å²) in [7, 11) is 0. The molecular formula is C34H45N3O3. The summed E-state index contributed by atoms with van der Waals surface area (Å²) in [4.78, 5) is 27.9. The van der Waals surface area contributed by atoms with Crippen molar-refractivity contribution in [3.63, 3.8) is 0 Å². The highest BCUT2D eigenvalue weighted by Crippen LogP contribution is 2.74. The van der Waals surface area contributed by atoms with Crippen LogP contribution in [0.4, 0.5) is 0 Å². The summed E-state index contributed by atoms with van der Waals surface area (Å²) in [5.41, 5.74) is -0.386. The number of hydrogen-bond donors (Lipinski definition) is 0. The standard InChI is InChI=1S/C34H45N3O3/c1-9-25-36-37-28(40-25)34-14-12-29(2,3)18-21(34)26-22(38)16-24-31(6)17-20(19-35)27(39)30(4,5)23(31)10-11-32(24,7)33(26,8)13-15-34/h16-17,21,23,26H,9-15,18H2,1-8H3/t21-,23-,26-,31-,32+,33+,34-/m0/s1. The van der Waals surface area contributed by atoms with Crippen LogP contribution in [0.15, 0.2) is 27.7 Å². The number of aromatic nitrogens is 2. The number of carbonyl (C=O) groups is 2. The fourth-order valence-electron chi connectivity index (χ4n) is 10.6. The van der Waals surface area contributed by atoms with Crippen molar-refractivity contribution in [3.05, 3.63) is 35.1 Å². The van der Waals surface area contributed by atoms with Gasteiger partial charge in [0.05, 0.1) is 11.0 Å². The van der Waals surface area contributed by atoms with Gasteiger partial charge >= 0.3 is 0 Å². The van der Waals surface area contributed by atoms with Gasteiger partial charge in [0.1, 0.15) is 6.07 Å². The van der Waals surface area contributed by atoms with Crippen LogP contribution in [0.5, 0.6) is 0 Å². The van der Waals surface area contributed by atoms with Crippen molar-refractivity contribution >= 4 is 11.6 Å². The van der Waals surface area contributed by atoms with Gasteiger partial charge < -0.3 is 4.42 Å². The Morgan fingerprint density at radius 2 is 1.70 bits per heavy atom. The summed E-state index contributed by atoms with van der Waals surface area (Å²) in [6.07, 6.45) is 11.3. The fourth-order valence-corrected chi connectivity index (χ4v) is 10.6. The van der Waals surface area contributed by atoms with E-state index >= 15 is 0 Å². The predicted molar refractivity (Wildman–Crippen MR) is 152 cm³/mol. The van der Waals surface area contributed by atoms with Gasteiger partial charge in [-0.25, -0.2) is 0 Å². The number of aryl methyl sites for hydroxylation is 1. The molecule has 6 heteroatoms. The average Bonchev–Trinajstić information content (AvgIpc) is 3.37. The third-order valence-electron chi connectivity index (χ3n) is 13.1. The molecule has 6 nitrogen and oxygen atoms in total.